The molecule has 0 saturated heterocycles. The molecule has 1 atom stereocenters. The van der Waals surface area contributed by atoms with Crippen molar-refractivity contribution in [3.8, 4) is 0 Å². The van der Waals surface area contributed by atoms with Gasteiger partial charge in [0.1, 0.15) is 6.61 Å². The lowest BCUT2D eigenvalue weighted by molar-refractivity contribution is -0.138. The van der Waals surface area contributed by atoms with Crippen molar-refractivity contribution in [2.24, 2.45) is 0 Å². The first-order valence-electron chi connectivity index (χ1n) is 7.16. The molecule has 1 unspecified atom stereocenters. The van der Waals surface area contributed by atoms with Crippen molar-refractivity contribution in [3.63, 3.8) is 0 Å². The molecule has 0 spiro atoms. The summed E-state index contributed by atoms with van der Waals surface area (Å²) >= 11 is 0. The van der Waals surface area contributed by atoms with Crippen molar-refractivity contribution in [1.29, 1.82) is 0 Å². The molecule has 0 aliphatic carbocycles. The first-order chi connectivity index (χ1) is 10.5. The fourth-order valence-corrected chi connectivity index (χ4v) is 2.27. The van der Waals surface area contributed by atoms with Gasteiger partial charge in [-0.3, -0.25) is 0 Å². The summed E-state index contributed by atoms with van der Waals surface area (Å²) in [6.45, 7) is 5.75. The number of aryl methyl sites for hydroxylation is 1. The first-order valence-corrected chi connectivity index (χ1v) is 7.16. The van der Waals surface area contributed by atoms with Crippen molar-refractivity contribution >= 4 is 12.0 Å². The van der Waals surface area contributed by atoms with Crippen LogP contribution in [0, 0.1) is 6.92 Å². The summed E-state index contributed by atoms with van der Waals surface area (Å²) in [6.07, 6.45) is 3.57. The third-order valence-electron chi connectivity index (χ3n) is 3.45. The number of rotatable bonds is 4. The van der Waals surface area contributed by atoms with Gasteiger partial charge in [0.15, 0.2) is 0 Å². The van der Waals surface area contributed by atoms with Crippen LogP contribution in [-0.4, -0.2) is 18.6 Å². The van der Waals surface area contributed by atoms with Gasteiger partial charge in [0.2, 0.25) is 0 Å². The Balaban J connectivity index is 2.32. The van der Waals surface area contributed by atoms with E-state index in [1.807, 2.05) is 44.2 Å². The SMILES string of the molecule is C/C=C/COC(=O)C1=C(C)NC(=O)NC1c1ccc(C)cc1. The number of hydrogen-bond donors (Lipinski definition) is 2. The number of esters is 1. The van der Waals surface area contributed by atoms with E-state index in [4.69, 9.17) is 4.74 Å². The highest BCUT2D eigenvalue weighted by atomic mass is 16.5. The molecule has 0 aromatic heterocycles. The van der Waals surface area contributed by atoms with Gasteiger partial charge in [-0.05, 0) is 26.3 Å². The van der Waals surface area contributed by atoms with Crippen molar-refractivity contribution in [2.75, 3.05) is 6.61 Å². The lowest BCUT2D eigenvalue weighted by Gasteiger charge is -2.28. The predicted octanol–water partition coefficient (Wildman–Crippen LogP) is 2.74. The smallest absolute Gasteiger partial charge is 0.338 e. The lowest BCUT2D eigenvalue weighted by Crippen LogP contribution is -2.45. The minimum Gasteiger partial charge on any atom is -0.458 e. The van der Waals surface area contributed by atoms with Gasteiger partial charge in [0, 0.05) is 5.70 Å². The van der Waals surface area contributed by atoms with Crippen LogP contribution in [0.5, 0.6) is 0 Å². The number of urea groups is 1. The number of nitrogens with one attached hydrogen (secondary N) is 2. The summed E-state index contributed by atoms with van der Waals surface area (Å²) in [5.74, 6) is -0.436. The number of benzene rings is 1. The molecule has 0 saturated carbocycles. The van der Waals surface area contributed by atoms with E-state index in [2.05, 4.69) is 10.6 Å². The Morgan fingerprint density at radius 2 is 1.95 bits per heavy atom. The van der Waals surface area contributed by atoms with Crippen LogP contribution >= 0.6 is 0 Å². The van der Waals surface area contributed by atoms with Crippen molar-refractivity contribution in [2.45, 2.75) is 26.8 Å². The molecule has 116 valence electrons. The topological polar surface area (TPSA) is 67.4 Å². The zero-order valence-electron chi connectivity index (χ0n) is 13.0. The summed E-state index contributed by atoms with van der Waals surface area (Å²) in [5, 5.41) is 5.40. The molecule has 1 heterocycles. The van der Waals surface area contributed by atoms with E-state index in [9.17, 15) is 9.59 Å². The second-order valence-electron chi connectivity index (χ2n) is 5.15. The molecule has 0 bridgehead atoms. The summed E-state index contributed by atoms with van der Waals surface area (Å²) in [6, 6.07) is 6.86. The van der Waals surface area contributed by atoms with Crippen LogP contribution in [0.3, 0.4) is 0 Å². The fourth-order valence-electron chi connectivity index (χ4n) is 2.27. The minimum atomic E-state index is -0.507. The highest BCUT2D eigenvalue weighted by Gasteiger charge is 2.31. The Labute approximate surface area is 130 Å². The predicted molar refractivity (Wildman–Crippen MR) is 84.1 cm³/mol. The number of carbonyl (C=O) groups excluding carboxylic acids is 2. The zero-order valence-corrected chi connectivity index (χ0v) is 13.0. The highest BCUT2D eigenvalue weighted by Crippen LogP contribution is 2.27. The van der Waals surface area contributed by atoms with E-state index in [0.29, 0.717) is 11.3 Å². The van der Waals surface area contributed by atoms with E-state index in [1.54, 1.807) is 13.0 Å². The summed E-state index contributed by atoms with van der Waals surface area (Å²) in [7, 11) is 0. The molecule has 0 fully saturated rings. The van der Waals surface area contributed by atoms with Crippen LogP contribution in [-0.2, 0) is 9.53 Å². The number of allylic oxidation sites excluding steroid dienone is 2. The Kier molecular flexibility index (Phi) is 4.99. The third kappa shape index (κ3) is 3.55. The maximum atomic E-state index is 12.3. The Morgan fingerprint density at radius 1 is 1.27 bits per heavy atom. The summed E-state index contributed by atoms with van der Waals surface area (Å²) in [4.78, 5) is 24.1. The molecule has 2 N–H and O–H groups in total. The quantitative estimate of drug-likeness (QED) is 0.663. The standard InChI is InChI=1S/C17H20N2O3/c1-4-5-10-22-16(20)14-12(3)18-17(21)19-15(14)13-8-6-11(2)7-9-13/h4-9,15H,10H2,1-3H3,(H2,18,19,21)/b5-4+. The van der Waals surface area contributed by atoms with Crippen LogP contribution in [0.25, 0.3) is 0 Å². The van der Waals surface area contributed by atoms with Crippen LogP contribution in [0.4, 0.5) is 4.79 Å². The second kappa shape index (κ2) is 6.93. The Bertz CT molecular complexity index is 630. The third-order valence-corrected chi connectivity index (χ3v) is 3.45. The van der Waals surface area contributed by atoms with Gasteiger partial charge in [0.25, 0.3) is 0 Å². The highest BCUT2D eigenvalue weighted by molar-refractivity contribution is 5.95. The summed E-state index contributed by atoms with van der Waals surface area (Å²) in [5.41, 5.74) is 2.90. The Morgan fingerprint density at radius 3 is 2.59 bits per heavy atom. The number of carbonyl (C=O) groups is 2. The molecule has 1 aliphatic rings. The van der Waals surface area contributed by atoms with Gasteiger partial charge in [-0.2, -0.15) is 0 Å². The largest absolute Gasteiger partial charge is 0.458 e. The van der Waals surface area contributed by atoms with Gasteiger partial charge >= 0.3 is 12.0 Å². The minimum absolute atomic E-state index is 0.209. The van der Waals surface area contributed by atoms with Crippen LogP contribution < -0.4 is 10.6 Å². The maximum absolute atomic E-state index is 12.3. The molecule has 22 heavy (non-hydrogen) atoms. The van der Waals surface area contributed by atoms with Crippen LogP contribution in [0.2, 0.25) is 0 Å². The molecular formula is C17H20N2O3. The molecule has 0 radical (unpaired) electrons. The molecule has 5 nitrogen and oxygen atoms in total. The van der Waals surface area contributed by atoms with Gasteiger partial charge in [-0.15, -0.1) is 0 Å². The Hall–Kier alpha value is -2.56. The zero-order chi connectivity index (χ0) is 16.1. The second-order valence-corrected chi connectivity index (χ2v) is 5.15. The van der Waals surface area contributed by atoms with Gasteiger partial charge in [0.05, 0.1) is 11.6 Å². The van der Waals surface area contributed by atoms with Crippen molar-refractivity contribution in [1.82, 2.24) is 10.6 Å². The van der Waals surface area contributed by atoms with Crippen molar-refractivity contribution in [3.05, 3.63) is 58.8 Å². The number of ether oxygens (including phenoxy) is 1. The van der Waals surface area contributed by atoms with E-state index in [-0.39, 0.29) is 12.6 Å². The number of hydrogen-bond acceptors (Lipinski definition) is 3. The molecule has 1 aromatic carbocycles. The lowest BCUT2D eigenvalue weighted by atomic mass is 9.95. The average Bonchev–Trinajstić information content (AvgIpc) is 2.47. The fraction of sp³-hybridized carbons (Fsp3) is 0.294. The maximum Gasteiger partial charge on any atom is 0.338 e. The summed E-state index contributed by atoms with van der Waals surface area (Å²) < 4.78 is 5.23. The van der Waals surface area contributed by atoms with E-state index in [1.165, 1.54) is 0 Å². The van der Waals surface area contributed by atoms with Gasteiger partial charge < -0.3 is 15.4 Å². The molecule has 5 heteroatoms. The molecule has 2 rings (SSSR count). The molecule has 1 aromatic rings. The van der Waals surface area contributed by atoms with E-state index in [0.717, 1.165) is 11.1 Å². The first kappa shape index (κ1) is 15.8. The van der Waals surface area contributed by atoms with E-state index >= 15 is 0 Å². The molecule has 1 aliphatic heterocycles. The van der Waals surface area contributed by atoms with Gasteiger partial charge in [-0.25, -0.2) is 9.59 Å². The van der Waals surface area contributed by atoms with E-state index < -0.39 is 12.0 Å². The molecular weight excluding hydrogens is 280 g/mol. The number of amides is 2. The van der Waals surface area contributed by atoms with Crippen molar-refractivity contribution < 1.29 is 14.3 Å². The molecule has 2 amide bonds. The van der Waals surface area contributed by atoms with Crippen LogP contribution in [0.15, 0.2) is 47.7 Å². The average molecular weight is 300 g/mol. The van der Waals surface area contributed by atoms with Crippen LogP contribution in [0.1, 0.15) is 31.0 Å². The monoisotopic (exact) mass is 300 g/mol. The normalized spacial score (nSPS) is 18.1. The van der Waals surface area contributed by atoms with Gasteiger partial charge in [-0.1, -0.05) is 42.0 Å².